The van der Waals surface area contributed by atoms with Crippen LogP contribution in [0, 0.1) is 3.57 Å². The molecule has 0 spiro atoms. The summed E-state index contributed by atoms with van der Waals surface area (Å²) in [5, 5.41) is 0. The van der Waals surface area contributed by atoms with Crippen LogP contribution in [0.1, 0.15) is 22.8 Å². The van der Waals surface area contributed by atoms with Gasteiger partial charge in [-0.2, -0.15) is 0 Å². The van der Waals surface area contributed by atoms with Crippen LogP contribution >= 0.6 is 22.6 Å². The third kappa shape index (κ3) is 4.33. The van der Waals surface area contributed by atoms with Crippen LogP contribution in [0.25, 0.3) is 0 Å². The Balaban J connectivity index is 2.69. The quantitative estimate of drug-likeness (QED) is 0.618. The number of hydrogen-bond acceptors (Lipinski definition) is 4. The lowest BCUT2D eigenvalue weighted by Gasteiger charge is -2.06. The smallest absolute Gasteiger partial charge is 0.337 e. The Bertz CT molecular complexity index is 429. The van der Waals surface area contributed by atoms with Crippen LogP contribution in [0.2, 0.25) is 0 Å². The molecule has 1 aromatic rings. The molecule has 5 heteroatoms. The highest BCUT2D eigenvalue weighted by molar-refractivity contribution is 14.1. The van der Waals surface area contributed by atoms with E-state index in [1.165, 1.54) is 14.0 Å². The van der Waals surface area contributed by atoms with Crippen molar-refractivity contribution < 1.29 is 19.1 Å². The molecule has 92 valence electrons. The molecule has 0 atom stereocenters. The molecule has 0 aliphatic heterocycles. The Morgan fingerprint density at radius 2 is 2.06 bits per heavy atom. The van der Waals surface area contributed by atoms with Gasteiger partial charge in [0.05, 0.1) is 19.3 Å². The molecule has 0 aromatic heterocycles. The first kappa shape index (κ1) is 14.0. The zero-order valence-corrected chi connectivity index (χ0v) is 11.8. The van der Waals surface area contributed by atoms with Crippen LogP contribution < -0.4 is 0 Å². The normalized spacial score (nSPS) is 9.82. The Morgan fingerprint density at radius 1 is 1.35 bits per heavy atom. The van der Waals surface area contributed by atoms with Gasteiger partial charge in [-0.15, -0.1) is 0 Å². The first-order chi connectivity index (χ1) is 8.04. The molecule has 0 bridgehead atoms. The van der Waals surface area contributed by atoms with E-state index in [1.807, 2.05) is 6.07 Å². The molecular formula is C12H13IO4. The van der Waals surface area contributed by atoms with Gasteiger partial charge in [0.25, 0.3) is 0 Å². The molecule has 4 nitrogen and oxygen atoms in total. The average molecular weight is 348 g/mol. The van der Waals surface area contributed by atoms with Crippen LogP contribution in [0.15, 0.2) is 18.2 Å². The van der Waals surface area contributed by atoms with Crippen molar-refractivity contribution in [2.24, 2.45) is 0 Å². The van der Waals surface area contributed by atoms with Crippen molar-refractivity contribution in [2.45, 2.75) is 13.3 Å². The molecule has 0 heterocycles. The van der Waals surface area contributed by atoms with Crippen LogP contribution in [0.5, 0.6) is 0 Å². The lowest BCUT2D eigenvalue weighted by molar-refractivity contribution is -0.140. The molecule has 0 unspecified atom stereocenters. The van der Waals surface area contributed by atoms with Gasteiger partial charge in [0.2, 0.25) is 0 Å². The van der Waals surface area contributed by atoms with E-state index in [2.05, 4.69) is 27.3 Å². The summed E-state index contributed by atoms with van der Waals surface area (Å²) in [6.45, 7) is 1.73. The average Bonchev–Trinajstić information content (AvgIpc) is 2.29. The fourth-order valence-electron chi connectivity index (χ4n) is 1.30. The largest absolute Gasteiger partial charge is 0.466 e. The lowest BCUT2D eigenvalue weighted by Crippen LogP contribution is -2.06. The SMILES string of the molecule is COC(=O)c1ccc(CCOC(C)=O)c(I)c1. The maximum absolute atomic E-state index is 11.3. The highest BCUT2D eigenvalue weighted by Crippen LogP contribution is 2.16. The Kier molecular flexibility index (Phi) is 5.40. The number of methoxy groups -OCH3 is 1. The monoisotopic (exact) mass is 348 g/mol. The summed E-state index contributed by atoms with van der Waals surface area (Å²) in [5.41, 5.74) is 1.56. The number of hydrogen-bond donors (Lipinski definition) is 0. The molecule has 0 amide bonds. The molecule has 0 fully saturated rings. The van der Waals surface area contributed by atoms with Gasteiger partial charge in [-0.1, -0.05) is 6.07 Å². The summed E-state index contributed by atoms with van der Waals surface area (Å²) in [6.07, 6.45) is 0.638. The van der Waals surface area contributed by atoms with Gasteiger partial charge in [0, 0.05) is 16.9 Å². The molecule has 0 saturated carbocycles. The Morgan fingerprint density at radius 3 is 2.59 bits per heavy atom. The van der Waals surface area contributed by atoms with Gasteiger partial charge >= 0.3 is 11.9 Å². The predicted octanol–water partition coefficient (Wildman–Crippen LogP) is 2.18. The third-order valence-corrected chi connectivity index (χ3v) is 3.16. The minimum absolute atomic E-state index is 0.286. The summed E-state index contributed by atoms with van der Waals surface area (Å²) >= 11 is 2.14. The van der Waals surface area contributed by atoms with Crippen molar-refractivity contribution in [1.29, 1.82) is 0 Å². The van der Waals surface area contributed by atoms with Crippen molar-refractivity contribution in [3.63, 3.8) is 0 Å². The van der Waals surface area contributed by atoms with Crippen LogP contribution in [0.3, 0.4) is 0 Å². The second kappa shape index (κ2) is 6.58. The molecular weight excluding hydrogens is 335 g/mol. The van der Waals surface area contributed by atoms with Crippen molar-refractivity contribution in [1.82, 2.24) is 0 Å². The minimum atomic E-state index is -0.352. The summed E-state index contributed by atoms with van der Waals surface area (Å²) in [7, 11) is 1.35. The number of esters is 2. The van der Waals surface area contributed by atoms with Gasteiger partial charge in [0.1, 0.15) is 0 Å². The molecule has 1 rings (SSSR count). The van der Waals surface area contributed by atoms with E-state index in [-0.39, 0.29) is 11.9 Å². The van der Waals surface area contributed by atoms with E-state index in [0.717, 1.165) is 9.13 Å². The Labute approximate surface area is 113 Å². The third-order valence-electron chi connectivity index (χ3n) is 2.15. The summed E-state index contributed by atoms with van der Waals surface area (Å²) < 4.78 is 10.5. The number of rotatable bonds is 4. The van der Waals surface area contributed by atoms with E-state index in [4.69, 9.17) is 4.74 Å². The van der Waals surface area contributed by atoms with Gasteiger partial charge in [-0.3, -0.25) is 4.79 Å². The van der Waals surface area contributed by atoms with E-state index in [9.17, 15) is 9.59 Å². The second-order valence-electron chi connectivity index (χ2n) is 3.39. The second-order valence-corrected chi connectivity index (χ2v) is 4.55. The fourth-order valence-corrected chi connectivity index (χ4v) is 2.08. The fraction of sp³-hybridized carbons (Fsp3) is 0.333. The molecule has 0 aliphatic rings. The predicted molar refractivity (Wildman–Crippen MR) is 70.8 cm³/mol. The van der Waals surface area contributed by atoms with Crippen molar-refractivity contribution >= 4 is 34.5 Å². The summed E-state index contributed by atoms with van der Waals surface area (Å²) in [6, 6.07) is 5.31. The van der Waals surface area contributed by atoms with Crippen LogP contribution in [0.4, 0.5) is 0 Å². The van der Waals surface area contributed by atoms with Crippen molar-refractivity contribution in [2.75, 3.05) is 13.7 Å². The van der Waals surface area contributed by atoms with E-state index < -0.39 is 0 Å². The molecule has 0 saturated heterocycles. The zero-order chi connectivity index (χ0) is 12.8. The first-order valence-corrected chi connectivity index (χ1v) is 6.12. The lowest BCUT2D eigenvalue weighted by atomic mass is 10.1. The number of carbonyl (C=O) groups excluding carboxylic acids is 2. The van der Waals surface area contributed by atoms with Gasteiger partial charge in [-0.05, 0) is 40.3 Å². The standard InChI is InChI=1S/C12H13IO4/c1-8(14)17-6-5-9-3-4-10(7-11(9)13)12(15)16-2/h3-4,7H,5-6H2,1-2H3. The summed E-state index contributed by atoms with van der Waals surface area (Å²) in [5.74, 6) is -0.638. The molecule has 0 aliphatic carbocycles. The highest BCUT2D eigenvalue weighted by Gasteiger charge is 2.08. The number of halogens is 1. The first-order valence-electron chi connectivity index (χ1n) is 5.04. The number of carbonyl (C=O) groups is 2. The zero-order valence-electron chi connectivity index (χ0n) is 9.66. The van der Waals surface area contributed by atoms with E-state index in [1.54, 1.807) is 12.1 Å². The highest BCUT2D eigenvalue weighted by atomic mass is 127. The molecule has 0 radical (unpaired) electrons. The van der Waals surface area contributed by atoms with E-state index in [0.29, 0.717) is 18.6 Å². The van der Waals surface area contributed by atoms with Gasteiger partial charge in [0.15, 0.2) is 0 Å². The topological polar surface area (TPSA) is 52.6 Å². The van der Waals surface area contributed by atoms with Crippen LogP contribution in [-0.4, -0.2) is 25.7 Å². The number of benzene rings is 1. The van der Waals surface area contributed by atoms with Gasteiger partial charge < -0.3 is 9.47 Å². The summed E-state index contributed by atoms with van der Waals surface area (Å²) in [4.78, 5) is 21.9. The maximum atomic E-state index is 11.3. The van der Waals surface area contributed by atoms with Gasteiger partial charge in [-0.25, -0.2) is 4.79 Å². The van der Waals surface area contributed by atoms with Crippen molar-refractivity contribution in [3.05, 3.63) is 32.9 Å². The van der Waals surface area contributed by atoms with Crippen LogP contribution in [-0.2, 0) is 20.7 Å². The van der Waals surface area contributed by atoms with Crippen molar-refractivity contribution in [3.8, 4) is 0 Å². The molecule has 0 N–H and O–H groups in total. The minimum Gasteiger partial charge on any atom is -0.466 e. The molecule has 17 heavy (non-hydrogen) atoms. The molecule has 1 aromatic carbocycles. The number of ether oxygens (including phenoxy) is 2. The maximum Gasteiger partial charge on any atom is 0.337 e. The van der Waals surface area contributed by atoms with E-state index >= 15 is 0 Å². The Hall–Kier alpha value is -1.11.